The zero-order valence-corrected chi connectivity index (χ0v) is 11.4. The van der Waals surface area contributed by atoms with Crippen LogP contribution in [0.4, 0.5) is 0 Å². The van der Waals surface area contributed by atoms with Crippen LogP contribution >= 0.6 is 0 Å². The molecular weight excluding hydrogens is 222 g/mol. The van der Waals surface area contributed by atoms with Crippen molar-refractivity contribution >= 4 is 0 Å². The van der Waals surface area contributed by atoms with Crippen LogP contribution in [-0.2, 0) is 13.1 Å². The molecule has 0 radical (unpaired) electrons. The maximum Gasteiger partial charge on any atom is 0.0560 e. The lowest BCUT2D eigenvalue weighted by Crippen LogP contribution is -2.30. The molecule has 2 aromatic rings. The molecule has 1 aromatic carbocycles. The molecule has 1 unspecified atom stereocenters. The number of nitrogens with zero attached hydrogens (tertiary/aromatic N) is 2. The van der Waals surface area contributed by atoms with Crippen molar-refractivity contribution < 1.29 is 0 Å². The highest BCUT2D eigenvalue weighted by Crippen LogP contribution is 2.10. The second kappa shape index (κ2) is 5.83. The van der Waals surface area contributed by atoms with Gasteiger partial charge in [-0.3, -0.25) is 4.68 Å². The summed E-state index contributed by atoms with van der Waals surface area (Å²) in [5.74, 6) is 0. The van der Waals surface area contributed by atoms with Gasteiger partial charge in [0.1, 0.15) is 0 Å². The van der Waals surface area contributed by atoms with Crippen molar-refractivity contribution in [3.63, 3.8) is 0 Å². The fourth-order valence-corrected chi connectivity index (χ4v) is 2.08. The van der Waals surface area contributed by atoms with Crippen molar-refractivity contribution in [3.8, 4) is 0 Å². The van der Waals surface area contributed by atoms with Crippen LogP contribution in [0.15, 0.2) is 36.7 Å². The van der Waals surface area contributed by atoms with Crippen molar-refractivity contribution in [2.45, 2.75) is 39.9 Å². The van der Waals surface area contributed by atoms with Gasteiger partial charge in [-0.05, 0) is 38.0 Å². The molecular formula is C15H21N3. The van der Waals surface area contributed by atoms with Gasteiger partial charge in [0.05, 0.1) is 6.54 Å². The molecule has 0 amide bonds. The standard InChI is InChI=1S/C15H21N3/c1-12-5-6-15(13(2)9-12)10-16-14(3)11-18-8-4-7-17-18/h4-9,14,16H,10-11H2,1-3H3. The third kappa shape index (κ3) is 3.44. The largest absolute Gasteiger partial charge is 0.308 e. The van der Waals surface area contributed by atoms with Crippen LogP contribution < -0.4 is 5.32 Å². The predicted molar refractivity (Wildman–Crippen MR) is 74.4 cm³/mol. The highest BCUT2D eigenvalue weighted by molar-refractivity contribution is 5.30. The van der Waals surface area contributed by atoms with Crippen LogP contribution in [0.2, 0.25) is 0 Å². The number of hydrogen-bond acceptors (Lipinski definition) is 2. The van der Waals surface area contributed by atoms with E-state index in [2.05, 4.69) is 49.4 Å². The molecule has 18 heavy (non-hydrogen) atoms. The Balaban J connectivity index is 1.87. The number of aromatic nitrogens is 2. The van der Waals surface area contributed by atoms with Gasteiger partial charge in [-0.15, -0.1) is 0 Å². The van der Waals surface area contributed by atoms with E-state index in [0.29, 0.717) is 6.04 Å². The summed E-state index contributed by atoms with van der Waals surface area (Å²) in [7, 11) is 0. The molecule has 0 fully saturated rings. The van der Waals surface area contributed by atoms with Crippen molar-refractivity contribution in [1.29, 1.82) is 0 Å². The van der Waals surface area contributed by atoms with Crippen LogP contribution in [0, 0.1) is 13.8 Å². The summed E-state index contributed by atoms with van der Waals surface area (Å²) in [6.45, 7) is 8.30. The number of nitrogens with one attached hydrogen (secondary N) is 1. The van der Waals surface area contributed by atoms with Gasteiger partial charge in [0.2, 0.25) is 0 Å². The number of benzene rings is 1. The van der Waals surface area contributed by atoms with Gasteiger partial charge in [-0.25, -0.2) is 0 Å². The Labute approximate surface area is 109 Å². The van der Waals surface area contributed by atoms with Crippen LogP contribution in [-0.4, -0.2) is 15.8 Å². The Kier molecular flexibility index (Phi) is 4.15. The van der Waals surface area contributed by atoms with Crippen molar-refractivity contribution in [1.82, 2.24) is 15.1 Å². The molecule has 3 nitrogen and oxygen atoms in total. The van der Waals surface area contributed by atoms with Gasteiger partial charge < -0.3 is 5.32 Å². The summed E-state index contributed by atoms with van der Waals surface area (Å²) in [6, 6.07) is 8.97. The molecule has 1 aromatic heterocycles. The van der Waals surface area contributed by atoms with Gasteiger partial charge in [-0.1, -0.05) is 23.8 Å². The zero-order valence-electron chi connectivity index (χ0n) is 11.4. The van der Waals surface area contributed by atoms with E-state index in [0.717, 1.165) is 13.1 Å². The molecule has 0 aliphatic heterocycles. The minimum Gasteiger partial charge on any atom is -0.308 e. The highest BCUT2D eigenvalue weighted by atomic mass is 15.3. The van der Waals surface area contributed by atoms with E-state index < -0.39 is 0 Å². The van der Waals surface area contributed by atoms with Gasteiger partial charge in [0, 0.05) is 25.0 Å². The molecule has 0 spiro atoms. The molecule has 0 aliphatic carbocycles. The van der Waals surface area contributed by atoms with Gasteiger partial charge in [0.25, 0.3) is 0 Å². The molecule has 0 saturated heterocycles. The Hall–Kier alpha value is -1.61. The van der Waals surface area contributed by atoms with E-state index >= 15 is 0 Å². The molecule has 1 atom stereocenters. The summed E-state index contributed by atoms with van der Waals surface area (Å²) in [4.78, 5) is 0. The first-order valence-corrected chi connectivity index (χ1v) is 6.42. The first kappa shape index (κ1) is 12.8. The Bertz CT molecular complexity index is 488. The molecule has 1 N–H and O–H groups in total. The van der Waals surface area contributed by atoms with E-state index in [-0.39, 0.29) is 0 Å². The second-order valence-corrected chi connectivity index (χ2v) is 4.94. The molecule has 1 heterocycles. The summed E-state index contributed by atoms with van der Waals surface area (Å²) in [5, 5.41) is 7.75. The van der Waals surface area contributed by atoms with E-state index in [1.807, 2.05) is 23.1 Å². The molecule has 96 valence electrons. The fourth-order valence-electron chi connectivity index (χ4n) is 2.08. The molecule has 0 bridgehead atoms. The predicted octanol–water partition coefficient (Wildman–Crippen LogP) is 2.68. The van der Waals surface area contributed by atoms with Crippen LogP contribution in [0.5, 0.6) is 0 Å². The SMILES string of the molecule is Cc1ccc(CNC(C)Cn2cccn2)c(C)c1. The molecule has 0 saturated carbocycles. The van der Waals surface area contributed by atoms with Gasteiger partial charge in [0.15, 0.2) is 0 Å². The first-order valence-electron chi connectivity index (χ1n) is 6.42. The fraction of sp³-hybridized carbons (Fsp3) is 0.400. The number of rotatable bonds is 5. The lowest BCUT2D eigenvalue weighted by molar-refractivity contribution is 0.450. The molecule has 0 aliphatic rings. The Morgan fingerprint density at radius 3 is 2.83 bits per heavy atom. The monoisotopic (exact) mass is 243 g/mol. The van der Waals surface area contributed by atoms with E-state index in [1.54, 1.807) is 0 Å². The smallest absolute Gasteiger partial charge is 0.0560 e. The van der Waals surface area contributed by atoms with Gasteiger partial charge in [-0.2, -0.15) is 5.10 Å². The summed E-state index contributed by atoms with van der Waals surface area (Å²) in [5.41, 5.74) is 4.04. The quantitative estimate of drug-likeness (QED) is 0.875. The van der Waals surface area contributed by atoms with E-state index in [1.165, 1.54) is 16.7 Å². The minimum atomic E-state index is 0.408. The number of aryl methyl sites for hydroxylation is 2. The van der Waals surface area contributed by atoms with Crippen molar-refractivity contribution in [3.05, 3.63) is 53.3 Å². The summed E-state index contributed by atoms with van der Waals surface area (Å²) in [6.07, 6.45) is 3.81. The Morgan fingerprint density at radius 1 is 1.33 bits per heavy atom. The van der Waals surface area contributed by atoms with Crippen molar-refractivity contribution in [2.75, 3.05) is 0 Å². The number of hydrogen-bond donors (Lipinski definition) is 1. The normalized spacial score (nSPS) is 12.6. The third-order valence-electron chi connectivity index (χ3n) is 3.16. The van der Waals surface area contributed by atoms with Crippen molar-refractivity contribution in [2.24, 2.45) is 0 Å². The molecule has 3 heteroatoms. The van der Waals surface area contributed by atoms with Gasteiger partial charge >= 0.3 is 0 Å². The summed E-state index contributed by atoms with van der Waals surface area (Å²) >= 11 is 0. The molecule has 2 rings (SSSR count). The topological polar surface area (TPSA) is 29.9 Å². The highest BCUT2D eigenvalue weighted by Gasteiger charge is 2.04. The second-order valence-electron chi connectivity index (χ2n) is 4.94. The van der Waals surface area contributed by atoms with Crippen LogP contribution in [0.25, 0.3) is 0 Å². The minimum absolute atomic E-state index is 0.408. The maximum atomic E-state index is 4.22. The maximum absolute atomic E-state index is 4.22. The first-order chi connectivity index (χ1) is 8.65. The lowest BCUT2D eigenvalue weighted by atomic mass is 10.1. The van der Waals surface area contributed by atoms with Crippen LogP contribution in [0.3, 0.4) is 0 Å². The average molecular weight is 243 g/mol. The van der Waals surface area contributed by atoms with Crippen LogP contribution in [0.1, 0.15) is 23.6 Å². The average Bonchev–Trinajstić information content (AvgIpc) is 2.80. The van der Waals surface area contributed by atoms with E-state index in [9.17, 15) is 0 Å². The Morgan fingerprint density at radius 2 is 2.17 bits per heavy atom. The summed E-state index contributed by atoms with van der Waals surface area (Å²) < 4.78 is 1.96. The van der Waals surface area contributed by atoms with E-state index in [4.69, 9.17) is 0 Å². The zero-order chi connectivity index (χ0) is 13.0. The lowest BCUT2D eigenvalue weighted by Gasteiger charge is -2.15. The third-order valence-corrected chi connectivity index (χ3v) is 3.16.